The molecule has 1 saturated heterocycles. The van der Waals surface area contributed by atoms with E-state index in [-0.39, 0.29) is 5.91 Å². The molecule has 168 valence electrons. The standard InChI is InChI=1S/C24H25N7O2/c1-25-23(32)21-9-8-19(15-26-21)27-24-28-22-20(3-2-10-31(22)29-24)18-6-4-17(5-7-18)16-30-11-13-33-14-12-30/h2-10,15H,11-14,16H2,1H3,(H,25,32)(H,27,29). The molecule has 4 heterocycles. The summed E-state index contributed by atoms with van der Waals surface area (Å²) in [6.07, 6.45) is 3.46. The number of amides is 1. The molecule has 0 bridgehead atoms. The summed E-state index contributed by atoms with van der Waals surface area (Å²) >= 11 is 0. The van der Waals surface area contributed by atoms with Gasteiger partial charge in [0, 0.05) is 38.4 Å². The predicted molar refractivity (Wildman–Crippen MR) is 125 cm³/mol. The van der Waals surface area contributed by atoms with E-state index in [1.165, 1.54) is 5.56 Å². The smallest absolute Gasteiger partial charge is 0.269 e. The average Bonchev–Trinajstić information content (AvgIpc) is 3.28. The zero-order valence-corrected chi connectivity index (χ0v) is 18.4. The highest BCUT2D eigenvalue weighted by Crippen LogP contribution is 2.25. The van der Waals surface area contributed by atoms with E-state index in [0.29, 0.717) is 17.3 Å². The number of hydrogen-bond donors (Lipinski definition) is 2. The van der Waals surface area contributed by atoms with E-state index in [2.05, 4.69) is 54.9 Å². The molecule has 0 spiro atoms. The molecular weight excluding hydrogens is 418 g/mol. The van der Waals surface area contributed by atoms with E-state index in [4.69, 9.17) is 4.74 Å². The number of aromatic nitrogens is 4. The van der Waals surface area contributed by atoms with Gasteiger partial charge in [0.15, 0.2) is 5.65 Å². The van der Waals surface area contributed by atoms with Gasteiger partial charge in [-0.2, -0.15) is 4.98 Å². The van der Waals surface area contributed by atoms with Crippen molar-refractivity contribution in [1.82, 2.24) is 29.8 Å². The number of rotatable bonds is 6. The second-order valence-corrected chi connectivity index (χ2v) is 7.85. The van der Waals surface area contributed by atoms with Gasteiger partial charge < -0.3 is 15.4 Å². The zero-order chi connectivity index (χ0) is 22.6. The second-order valence-electron chi connectivity index (χ2n) is 7.85. The molecule has 0 saturated carbocycles. The number of nitrogens with zero attached hydrogens (tertiary/aromatic N) is 5. The molecule has 2 N–H and O–H groups in total. The van der Waals surface area contributed by atoms with Crippen molar-refractivity contribution in [3.8, 4) is 11.1 Å². The second kappa shape index (κ2) is 9.35. The lowest BCUT2D eigenvalue weighted by atomic mass is 10.0. The minimum Gasteiger partial charge on any atom is -0.379 e. The monoisotopic (exact) mass is 443 g/mol. The van der Waals surface area contributed by atoms with Crippen LogP contribution in [0.4, 0.5) is 11.6 Å². The molecule has 0 radical (unpaired) electrons. The Morgan fingerprint density at radius 3 is 2.64 bits per heavy atom. The Hall–Kier alpha value is -3.82. The minimum atomic E-state index is -0.229. The van der Waals surface area contributed by atoms with Gasteiger partial charge in [-0.1, -0.05) is 24.3 Å². The Bertz CT molecular complexity index is 1250. The fourth-order valence-corrected chi connectivity index (χ4v) is 3.85. The number of fused-ring (bicyclic) bond motifs is 1. The maximum absolute atomic E-state index is 11.7. The van der Waals surface area contributed by atoms with Gasteiger partial charge in [-0.25, -0.2) is 9.50 Å². The number of carbonyl (C=O) groups excluding carboxylic acids is 1. The van der Waals surface area contributed by atoms with Crippen molar-refractivity contribution < 1.29 is 9.53 Å². The van der Waals surface area contributed by atoms with Crippen LogP contribution in [0.1, 0.15) is 16.1 Å². The van der Waals surface area contributed by atoms with Crippen LogP contribution in [0.3, 0.4) is 0 Å². The van der Waals surface area contributed by atoms with Gasteiger partial charge in [0.05, 0.1) is 25.1 Å². The Morgan fingerprint density at radius 2 is 1.91 bits per heavy atom. The topological polar surface area (TPSA) is 96.7 Å². The van der Waals surface area contributed by atoms with Crippen molar-refractivity contribution in [2.45, 2.75) is 6.54 Å². The molecule has 1 amide bonds. The number of morpholine rings is 1. The zero-order valence-electron chi connectivity index (χ0n) is 18.4. The summed E-state index contributed by atoms with van der Waals surface area (Å²) in [5.41, 5.74) is 5.18. The molecule has 1 aromatic carbocycles. The lowest BCUT2D eigenvalue weighted by Crippen LogP contribution is -2.35. The highest BCUT2D eigenvalue weighted by molar-refractivity contribution is 5.92. The predicted octanol–water partition coefficient (Wildman–Crippen LogP) is 2.73. The van der Waals surface area contributed by atoms with Gasteiger partial charge in [-0.05, 0) is 35.4 Å². The van der Waals surface area contributed by atoms with Crippen LogP contribution in [0, 0.1) is 0 Å². The van der Waals surface area contributed by atoms with Gasteiger partial charge in [-0.15, -0.1) is 5.10 Å². The van der Waals surface area contributed by atoms with Crippen molar-refractivity contribution in [2.24, 2.45) is 0 Å². The number of anilines is 2. The highest BCUT2D eigenvalue weighted by atomic mass is 16.5. The Balaban J connectivity index is 1.35. The first-order valence-corrected chi connectivity index (χ1v) is 10.9. The van der Waals surface area contributed by atoms with E-state index in [9.17, 15) is 4.79 Å². The summed E-state index contributed by atoms with van der Waals surface area (Å²) in [7, 11) is 1.58. The van der Waals surface area contributed by atoms with Crippen molar-refractivity contribution >= 4 is 23.2 Å². The largest absolute Gasteiger partial charge is 0.379 e. The van der Waals surface area contributed by atoms with Crippen molar-refractivity contribution in [2.75, 3.05) is 38.7 Å². The number of ether oxygens (including phenoxy) is 1. The summed E-state index contributed by atoms with van der Waals surface area (Å²) in [6.45, 7) is 4.48. The first kappa shape index (κ1) is 21.0. The van der Waals surface area contributed by atoms with Crippen molar-refractivity contribution in [3.05, 3.63) is 72.2 Å². The van der Waals surface area contributed by atoms with Crippen LogP contribution in [0.25, 0.3) is 16.8 Å². The van der Waals surface area contributed by atoms with Gasteiger partial charge >= 0.3 is 0 Å². The normalized spacial score (nSPS) is 14.3. The Morgan fingerprint density at radius 1 is 1.09 bits per heavy atom. The van der Waals surface area contributed by atoms with Gasteiger partial charge in [0.1, 0.15) is 5.69 Å². The number of benzene rings is 1. The summed E-state index contributed by atoms with van der Waals surface area (Å²) in [5, 5.41) is 10.2. The van der Waals surface area contributed by atoms with Gasteiger partial charge in [0.25, 0.3) is 5.91 Å². The number of carbonyl (C=O) groups is 1. The molecule has 4 aromatic rings. The molecule has 0 atom stereocenters. The van der Waals surface area contributed by atoms with Crippen molar-refractivity contribution in [3.63, 3.8) is 0 Å². The van der Waals surface area contributed by atoms with Crippen LogP contribution >= 0.6 is 0 Å². The lowest BCUT2D eigenvalue weighted by Gasteiger charge is -2.26. The van der Waals surface area contributed by atoms with E-state index in [1.54, 1.807) is 29.9 Å². The molecule has 33 heavy (non-hydrogen) atoms. The molecule has 9 nitrogen and oxygen atoms in total. The average molecular weight is 444 g/mol. The van der Waals surface area contributed by atoms with E-state index in [1.807, 2.05) is 18.3 Å². The third-order valence-electron chi connectivity index (χ3n) is 5.62. The summed E-state index contributed by atoms with van der Waals surface area (Å²) in [5.74, 6) is 0.230. The van der Waals surface area contributed by atoms with Crippen LogP contribution in [0.5, 0.6) is 0 Å². The lowest BCUT2D eigenvalue weighted by molar-refractivity contribution is 0.0342. The maximum Gasteiger partial charge on any atom is 0.269 e. The number of pyridine rings is 2. The minimum absolute atomic E-state index is 0.229. The Kier molecular flexibility index (Phi) is 5.97. The molecule has 3 aromatic heterocycles. The van der Waals surface area contributed by atoms with E-state index < -0.39 is 0 Å². The summed E-state index contributed by atoms with van der Waals surface area (Å²) in [6, 6.07) is 16.0. The Labute approximate surface area is 191 Å². The quantitative estimate of drug-likeness (QED) is 0.473. The maximum atomic E-state index is 11.7. The fourth-order valence-electron chi connectivity index (χ4n) is 3.85. The molecule has 9 heteroatoms. The SMILES string of the molecule is CNC(=O)c1ccc(Nc2nc3c(-c4ccc(CN5CCOCC5)cc4)cccn3n2)cn1. The van der Waals surface area contributed by atoms with E-state index in [0.717, 1.165) is 49.6 Å². The molecule has 1 aliphatic rings. The highest BCUT2D eigenvalue weighted by Gasteiger charge is 2.13. The summed E-state index contributed by atoms with van der Waals surface area (Å²) < 4.78 is 7.19. The van der Waals surface area contributed by atoms with Crippen LogP contribution in [0.2, 0.25) is 0 Å². The van der Waals surface area contributed by atoms with E-state index >= 15 is 0 Å². The van der Waals surface area contributed by atoms with Crippen LogP contribution < -0.4 is 10.6 Å². The van der Waals surface area contributed by atoms with Crippen LogP contribution in [-0.2, 0) is 11.3 Å². The summed E-state index contributed by atoms with van der Waals surface area (Å²) in [4.78, 5) is 22.9. The third-order valence-corrected chi connectivity index (χ3v) is 5.62. The molecule has 1 aliphatic heterocycles. The molecule has 5 rings (SSSR count). The van der Waals surface area contributed by atoms with Crippen molar-refractivity contribution in [1.29, 1.82) is 0 Å². The third kappa shape index (κ3) is 4.69. The molecular formula is C24H25N7O2. The molecule has 0 unspecified atom stereocenters. The number of hydrogen-bond acceptors (Lipinski definition) is 7. The molecule has 0 aliphatic carbocycles. The first-order valence-electron chi connectivity index (χ1n) is 10.9. The van der Waals surface area contributed by atoms with Gasteiger partial charge in [-0.3, -0.25) is 9.69 Å². The van der Waals surface area contributed by atoms with Crippen LogP contribution in [-0.4, -0.2) is 63.7 Å². The van der Waals surface area contributed by atoms with Crippen LogP contribution in [0.15, 0.2) is 60.9 Å². The fraction of sp³-hybridized carbons (Fsp3) is 0.250. The van der Waals surface area contributed by atoms with Gasteiger partial charge in [0.2, 0.25) is 5.95 Å². The first-order chi connectivity index (χ1) is 16.2. The molecule has 1 fully saturated rings. The number of nitrogens with one attached hydrogen (secondary N) is 2.